The fraction of sp³-hybridized carbons (Fsp3) is 0.0213. The lowest BCUT2D eigenvalue weighted by molar-refractivity contribution is -0.130. The molecule has 0 fully saturated rings. The fourth-order valence-corrected chi connectivity index (χ4v) is 7.53. The standard InChI is InChI=1S/C47H33N5O3/c1-48-46(53)42-43(47(54)55)45-41(31-20-12-5-13-21-31)37-27-25-35(51-37)39(29-16-8-3-9-17-29)33-23-22-32(49-33)38(28-14-6-2-7-15-28)34-24-26-36(50-34)40(44(42)52-45)30-18-10-4-11-19-30/h2-27,50-51H,1H3,(H,48,53)(H,54,55). The van der Waals surface area contributed by atoms with Crippen LogP contribution in [0.25, 0.3) is 89.9 Å². The number of hydrogen-bond donors (Lipinski definition) is 4. The van der Waals surface area contributed by atoms with Gasteiger partial charge in [0.2, 0.25) is 0 Å². The van der Waals surface area contributed by atoms with Crippen molar-refractivity contribution in [1.82, 2.24) is 25.3 Å². The van der Waals surface area contributed by atoms with Crippen molar-refractivity contribution in [1.29, 1.82) is 0 Å². The molecule has 5 heterocycles. The molecule has 55 heavy (non-hydrogen) atoms. The molecule has 8 heteroatoms. The van der Waals surface area contributed by atoms with Crippen LogP contribution >= 0.6 is 0 Å². The Morgan fingerprint density at radius 1 is 0.473 bits per heavy atom. The highest BCUT2D eigenvalue weighted by Crippen LogP contribution is 2.43. The number of amides is 1. The molecule has 4 N–H and O–H groups in total. The summed E-state index contributed by atoms with van der Waals surface area (Å²) in [7, 11) is 1.50. The predicted octanol–water partition coefficient (Wildman–Crippen LogP) is 9.89. The first-order valence-electron chi connectivity index (χ1n) is 17.9. The molecule has 9 rings (SSSR count). The number of likely N-dealkylation sites (N-methyl/N-ethyl adjacent to an activating group) is 1. The van der Waals surface area contributed by atoms with Gasteiger partial charge in [0, 0.05) is 51.4 Å². The van der Waals surface area contributed by atoms with E-state index in [1.807, 2.05) is 146 Å². The second kappa shape index (κ2) is 13.8. The zero-order chi connectivity index (χ0) is 37.5. The molecule has 0 radical (unpaired) electrons. The summed E-state index contributed by atoms with van der Waals surface area (Å²) >= 11 is 0. The third kappa shape index (κ3) is 5.82. The van der Waals surface area contributed by atoms with E-state index in [1.165, 1.54) is 7.05 Å². The highest BCUT2D eigenvalue weighted by molar-refractivity contribution is 6.40. The fourth-order valence-electron chi connectivity index (χ4n) is 7.53. The lowest BCUT2D eigenvalue weighted by Gasteiger charge is -2.09. The number of nitrogens with zero attached hydrogens (tertiary/aromatic N) is 2. The van der Waals surface area contributed by atoms with E-state index < -0.39 is 11.9 Å². The van der Waals surface area contributed by atoms with Gasteiger partial charge in [0.05, 0.1) is 28.3 Å². The molecule has 7 aromatic rings. The average molecular weight is 716 g/mol. The van der Waals surface area contributed by atoms with Crippen molar-refractivity contribution in [3.05, 3.63) is 168 Å². The Labute approximate surface area is 316 Å². The number of H-pyrrole nitrogens is 2. The van der Waals surface area contributed by atoms with Gasteiger partial charge in [-0.2, -0.15) is 0 Å². The Bertz CT molecular complexity index is 2870. The molecule has 0 saturated heterocycles. The molecule has 0 spiro atoms. The number of aromatic nitrogens is 4. The molecule has 0 saturated carbocycles. The van der Waals surface area contributed by atoms with E-state index in [0.29, 0.717) is 22.2 Å². The number of carboxylic acid groups (broad SMARTS) is 1. The van der Waals surface area contributed by atoms with Crippen molar-refractivity contribution in [3.63, 3.8) is 0 Å². The van der Waals surface area contributed by atoms with Gasteiger partial charge in [-0.15, -0.1) is 0 Å². The van der Waals surface area contributed by atoms with Gasteiger partial charge in [0.1, 0.15) is 5.57 Å². The van der Waals surface area contributed by atoms with Gasteiger partial charge in [-0.3, -0.25) is 4.79 Å². The number of rotatable bonds is 6. The maximum Gasteiger partial charge on any atom is 0.338 e. The Morgan fingerprint density at radius 2 is 0.818 bits per heavy atom. The Hall–Kier alpha value is -7.58. The number of carbonyl (C=O) groups is 2. The van der Waals surface area contributed by atoms with E-state index in [2.05, 4.69) is 27.4 Å². The molecule has 2 aliphatic rings. The summed E-state index contributed by atoms with van der Waals surface area (Å²) in [5.41, 5.74) is 10.8. The van der Waals surface area contributed by atoms with Crippen LogP contribution in [-0.2, 0) is 9.59 Å². The van der Waals surface area contributed by atoms with E-state index >= 15 is 0 Å². The Morgan fingerprint density at radius 3 is 1.18 bits per heavy atom. The molecule has 2 aliphatic heterocycles. The van der Waals surface area contributed by atoms with Crippen LogP contribution in [0.1, 0.15) is 22.8 Å². The van der Waals surface area contributed by atoms with Gasteiger partial charge in [0.25, 0.3) is 5.91 Å². The molecule has 0 unspecified atom stereocenters. The van der Waals surface area contributed by atoms with E-state index in [9.17, 15) is 14.7 Å². The number of aromatic amines is 2. The van der Waals surface area contributed by atoms with E-state index in [1.54, 1.807) is 0 Å². The summed E-state index contributed by atoms with van der Waals surface area (Å²) in [6, 6.07) is 47.1. The van der Waals surface area contributed by atoms with Crippen LogP contribution in [0.3, 0.4) is 0 Å². The molecule has 1 amide bonds. The average Bonchev–Trinajstić information content (AvgIpc) is 4.06. The quantitative estimate of drug-likeness (QED) is 0.136. The Kier molecular flexibility index (Phi) is 8.32. The SMILES string of the molecule is CNC(=O)C1=C(C(=O)O)c2nc1c(-c1ccccc1)c1ccc([nH]1)c(-c1ccccc1)c1nc(c(-c3ccccc3)c3ccc([nH]3)c2-c2ccccc2)C=C1. The first kappa shape index (κ1) is 33.3. The highest BCUT2D eigenvalue weighted by atomic mass is 16.4. The number of nitrogens with one attached hydrogen (secondary N) is 3. The second-order valence-corrected chi connectivity index (χ2v) is 13.2. The van der Waals surface area contributed by atoms with Crippen molar-refractivity contribution in [3.8, 4) is 44.5 Å². The highest BCUT2D eigenvalue weighted by Gasteiger charge is 2.35. The third-order valence-corrected chi connectivity index (χ3v) is 9.94. The van der Waals surface area contributed by atoms with Gasteiger partial charge < -0.3 is 20.4 Å². The smallest absolute Gasteiger partial charge is 0.338 e. The first-order valence-corrected chi connectivity index (χ1v) is 17.9. The molecule has 8 bridgehead atoms. The molecule has 3 aromatic heterocycles. The van der Waals surface area contributed by atoms with Crippen molar-refractivity contribution < 1.29 is 14.7 Å². The van der Waals surface area contributed by atoms with Crippen LogP contribution < -0.4 is 5.32 Å². The van der Waals surface area contributed by atoms with Crippen LogP contribution in [-0.4, -0.2) is 44.0 Å². The summed E-state index contributed by atoms with van der Waals surface area (Å²) in [5.74, 6) is -1.83. The van der Waals surface area contributed by atoms with Crippen LogP contribution in [0.5, 0.6) is 0 Å². The summed E-state index contributed by atoms with van der Waals surface area (Å²) in [6.45, 7) is 0. The van der Waals surface area contributed by atoms with E-state index in [4.69, 9.17) is 9.97 Å². The largest absolute Gasteiger partial charge is 0.478 e. The van der Waals surface area contributed by atoms with Gasteiger partial charge in [-0.1, -0.05) is 121 Å². The minimum atomic E-state index is -1.27. The van der Waals surface area contributed by atoms with Crippen LogP contribution in [0.15, 0.2) is 146 Å². The molecular weight excluding hydrogens is 683 g/mol. The summed E-state index contributed by atoms with van der Waals surface area (Å²) in [5, 5.41) is 13.7. The second-order valence-electron chi connectivity index (χ2n) is 13.2. The lowest BCUT2D eigenvalue weighted by Crippen LogP contribution is -2.21. The molecular formula is C47H33N5O3. The van der Waals surface area contributed by atoms with Gasteiger partial charge in [0.15, 0.2) is 0 Å². The molecule has 0 aliphatic carbocycles. The van der Waals surface area contributed by atoms with E-state index in [-0.39, 0.29) is 22.5 Å². The predicted molar refractivity (Wildman–Crippen MR) is 220 cm³/mol. The number of carboxylic acids is 1. The third-order valence-electron chi connectivity index (χ3n) is 9.94. The van der Waals surface area contributed by atoms with Gasteiger partial charge >= 0.3 is 5.97 Å². The van der Waals surface area contributed by atoms with Crippen LogP contribution in [0, 0.1) is 0 Å². The maximum absolute atomic E-state index is 14.0. The van der Waals surface area contributed by atoms with Crippen molar-refractivity contribution in [2.75, 3.05) is 7.05 Å². The van der Waals surface area contributed by atoms with Crippen LogP contribution in [0.4, 0.5) is 0 Å². The van der Waals surface area contributed by atoms with Crippen molar-refractivity contribution in [2.24, 2.45) is 0 Å². The molecule has 8 nitrogen and oxygen atoms in total. The van der Waals surface area contributed by atoms with Crippen molar-refractivity contribution in [2.45, 2.75) is 0 Å². The normalized spacial score (nSPS) is 12.2. The number of carbonyl (C=O) groups excluding carboxylic acids is 1. The van der Waals surface area contributed by atoms with Crippen molar-refractivity contribution >= 4 is 57.2 Å². The molecule has 264 valence electrons. The Balaban J connectivity index is 1.57. The summed E-state index contributed by atoms with van der Waals surface area (Å²) in [6.07, 6.45) is 4.08. The minimum Gasteiger partial charge on any atom is -0.478 e. The van der Waals surface area contributed by atoms with Gasteiger partial charge in [-0.05, 0) is 58.7 Å². The number of fused-ring (bicyclic) bond motifs is 8. The minimum absolute atomic E-state index is 0.0322. The summed E-state index contributed by atoms with van der Waals surface area (Å²) in [4.78, 5) is 45.4. The number of aliphatic carboxylic acids is 1. The monoisotopic (exact) mass is 715 g/mol. The van der Waals surface area contributed by atoms with E-state index in [0.717, 1.165) is 55.8 Å². The molecule has 4 aromatic carbocycles. The zero-order valence-corrected chi connectivity index (χ0v) is 29.7. The topological polar surface area (TPSA) is 124 Å². The van der Waals surface area contributed by atoms with Crippen LogP contribution in [0.2, 0.25) is 0 Å². The molecule has 0 atom stereocenters. The first-order chi connectivity index (χ1) is 27.0. The summed E-state index contributed by atoms with van der Waals surface area (Å²) < 4.78 is 0. The lowest BCUT2D eigenvalue weighted by atomic mass is 9.94. The maximum atomic E-state index is 14.0. The number of hydrogen-bond acceptors (Lipinski definition) is 4. The van der Waals surface area contributed by atoms with Gasteiger partial charge in [-0.25, -0.2) is 14.8 Å². The number of benzene rings is 4. The zero-order valence-electron chi connectivity index (χ0n) is 29.7.